The maximum Gasteiger partial charge on any atom is 0.271 e. The van der Waals surface area contributed by atoms with E-state index in [-0.39, 0.29) is 24.1 Å². The van der Waals surface area contributed by atoms with Gasteiger partial charge in [0.25, 0.3) is 5.56 Å². The van der Waals surface area contributed by atoms with Crippen LogP contribution in [0.15, 0.2) is 41.5 Å². The number of rotatable bonds is 5. The Morgan fingerprint density at radius 1 is 1.32 bits per heavy atom. The lowest BCUT2D eigenvalue weighted by molar-refractivity contribution is -0.122. The minimum Gasteiger partial charge on any atom is -0.497 e. The lowest BCUT2D eigenvalue weighted by atomic mass is 10.2. The number of fused-ring (bicyclic) bond motifs is 1. The molecule has 130 valence electrons. The molecule has 0 spiro atoms. The van der Waals surface area contributed by atoms with Crippen molar-refractivity contribution >= 4 is 27.5 Å². The number of thiophene rings is 1. The van der Waals surface area contributed by atoms with Crippen LogP contribution in [0.25, 0.3) is 20.7 Å². The summed E-state index contributed by atoms with van der Waals surface area (Å²) in [5.74, 6) is 0.576. The molecule has 1 N–H and O–H groups in total. The smallest absolute Gasteiger partial charge is 0.271 e. The van der Waals surface area contributed by atoms with E-state index in [0.717, 1.165) is 16.2 Å². The Balaban J connectivity index is 1.93. The Hall–Kier alpha value is -2.67. The van der Waals surface area contributed by atoms with Crippen molar-refractivity contribution in [3.8, 4) is 16.2 Å². The van der Waals surface area contributed by atoms with E-state index in [2.05, 4.69) is 10.3 Å². The third-order valence-corrected chi connectivity index (χ3v) is 4.80. The average Bonchev–Trinajstić information content (AvgIpc) is 3.02. The number of hydrogen-bond donors (Lipinski definition) is 1. The number of amides is 1. The number of carbonyl (C=O) groups excluding carboxylic acids is 1. The van der Waals surface area contributed by atoms with Gasteiger partial charge >= 0.3 is 0 Å². The van der Waals surface area contributed by atoms with E-state index in [9.17, 15) is 9.59 Å². The highest BCUT2D eigenvalue weighted by molar-refractivity contribution is 7.22. The summed E-state index contributed by atoms with van der Waals surface area (Å²) in [4.78, 5) is 29.8. The van der Waals surface area contributed by atoms with Crippen LogP contribution in [0.5, 0.6) is 5.75 Å². The van der Waals surface area contributed by atoms with E-state index < -0.39 is 0 Å². The van der Waals surface area contributed by atoms with Gasteiger partial charge in [-0.3, -0.25) is 14.2 Å². The molecule has 0 aliphatic rings. The molecule has 0 atom stereocenters. The summed E-state index contributed by atoms with van der Waals surface area (Å²) < 4.78 is 7.05. The Kier molecular flexibility index (Phi) is 4.85. The molecule has 25 heavy (non-hydrogen) atoms. The van der Waals surface area contributed by atoms with Gasteiger partial charge in [-0.25, -0.2) is 4.98 Å². The van der Waals surface area contributed by atoms with Crippen molar-refractivity contribution in [1.82, 2.24) is 14.9 Å². The number of ether oxygens (including phenoxy) is 1. The van der Waals surface area contributed by atoms with E-state index >= 15 is 0 Å². The third-order valence-electron chi connectivity index (χ3n) is 3.64. The molecule has 2 heterocycles. The lowest BCUT2D eigenvalue weighted by Crippen LogP contribution is -2.35. The number of aromatic nitrogens is 2. The second-order valence-corrected chi connectivity index (χ2v) is 7.01. The number of hydrogen-bond acceptors (Lipinski definition) is 5. The van der Waals surface area contributed by atoms with E-state index in [1.54, 1.807) is 7.11 Å². The molecule has 6 nitrogen and oxygen atoms in total. The molecule has 0 aliphatic heterocycles. The Bertz CT molecular complexity index is 958. The topological polar surface area (TPSA) is 73.2 Å². The fourth-order valence-corrected chi connectivity index (χ4v) is 3.54. The maximum absolute atomic E-state index is 12.6. The normalized spacial score (nSPS) is 11.0. The first kappa shape index (κ1) is 17.2. The molecule has 3 rings (SSSR count). The van der Waals surface area contributed by atoms with E-state index in [0.29, 0.717) is 10.2 Å². The van der Waals surface area contributed by atoms with Crippen molar-refractivity contribution in [2.24, 2.45) is 0 Å². The van der Waals surface area contributed by atoms with E-state index in [1.807, 2.05) is 44.2 Å². The van der Waals surface area contributed by atoms with Gasteiger partial charge in [-0.2, -0.15) is 0 Å². The molecule has 1 aromatic carbocycles. The predicted molar refractivity (Wildman–Crippen MR) is 99.1 cm³/mol. The SMILES string of the molecule is COc1ccc(-c2cc3ncn(CC(=O)NC(C)C)c(=O)c3s2)cc1. The van der Waals surface area contributed by atoms with Crippen LogP contribution in [-0.2, 0) is 11.3 Å². The largest absolute Gasteiger partial charge is 0.497 e. The van der Waals surface area contributed by atoms with Gasteiger partial charge in [0, 0.05) is 10.9 Å². The molecule has 3 aromatic rings. The lowest BCUT2D eigenvalue weighted by Gasteiger charge is -2.09. The van der Waals surface area contributed by atoms with E-state index in [1.165, 1.54) is 22.2 Å². The second-order valence-electron chi connectivity index (χ2n) is 5.95. The summed E-state index contributed by atoms with van der Waals surface area (Å²) in [5, 5.41) is 2.77. The van der Waals surface area contributed by atoms with Crippen molar-refractivity contribution in [3.05, 3.63) is 47.0 Å². The van der Waals surface area contributed by atoms with Crippen LogP contribution < -0.4 is 15.6 Å². The fraction of sp³-hybridized carbons (Fsp3) is 0.278. The summed E-state index contributed by atoms with van der Waals surface area (Å²) in [7, 11) is 1.62. The predicted octanol–water partition coefficient (Wildman–Crippen LogP) is 2.66. The van der Waals surface area contributed by atoms with Gasteiger partial charge in [0.05, 0.1) is 19.0 Å². The number of benzene rings is 1. The monoisotopic (exact) mass is 357 g/mol. The van der Waals surface area contributed by atoms with Crippen LogP contribution >= 0.6 is 11.3 Å². The summed E-state index contributed by atoms with van der Waals surface area (Å²) in [6, 6.07) is 9.56. The van der Waals surface area contributed by atoms with Gasteiger partial charge in [-0.15, -0.1) is 11.3 Å². The van der Waals surface area contributed by atoms with Crippen LogP contribution in [0, 0.1) is 0 Å². The minimum atomic E-state index is -0.204. The summed E-state index contributed by atoms with van der Waals surface area (Å²) in [6.07, 6.45) is 1.43. The van der Waals surface area contributed by atoms with Gasteiger partial charge in [0.1, 0.15) is 17.0 Å². The number of methoxy groups -OCH3 is 1. The average molecular weight is 357 g/mol. The van der Waals surface area contributed by atoms with Crippen molar-refractivity contribution in [2.75, 3.05) is 7.11 Å². The standard InChI is InChI=1S/C18H19N3O3S/c1-11(2)20-16(22)9-21-10-19-14-8-15(25-17(14)18(21)23)12-4-6-13(24-3)7-5-12/h4-8,10-11H,9H2,1-3H3,(H,20,22). The number of nitrogens with one attached hydrogen (secondary N) is 1. The van der Waals surface area contributed by atoms with E-state index in [4.69, 9.17) is 4.74 Å². The first-order valence-corrected chi connectivity index (χ1v) is 8.72. The second kappa shape index (κ2) is 7.06. The van der Waals surface area contributed by atoms with Crippen LogP contribution in [0.2, 0.25) is 0 Å². The highest BCUT2D eigenvalue weighted by atomic mass is 32.1. The molecule has 2 aromatic heterocycles. The maximum atomic E-state index is 12.6. The van der Waals surface area contributed by atoms with Crippen LogP contribution in [0.1, 0.15) is 13.8 Å². The van der Waals surface area contributed by atoms with Gasteiger partial charge in [-0.05, 0) is 49.7 Å². The zero-order valence-electron chi connectivity index (χ0n) is 14.3. The van der Waals surface area contributed by atoms with Gasteiger partial charge < -0.3 is 10.1 Å². The zero-order valence-corrected chi connectivity index (χ0v) is 15.1. The van der Waals surface area contributed by atoms with Crippen LogP contribution in [0.4, 0.5) is 0 Å². The highest BCUT2D eigenvalue weighted by Gasteiger charge is 2.13. The first-order chi connectivity index (χ1) is 12.0. The zero-order chi connectivity index (χ0) is 18.0. The third kappa shape index (κ3) is 3.71. The van der Waals surface area contributed by atoms with Crippen molar-refractivity contribution in [3.63, 3.8) is 0 Å². The molecule has 7 heteroatoms. The van der Waals surface area contributed by atoms with Crippen molar-refractivity contribution < 1.29 is 9.53 Å². The number of nitrogens with zero attached hydrogens (tertiary/aromatic N) is 2. The van der Waals surface area contributed by atoms with Crippen LogP contribution in [0.3, 0.4) is 0 Å². The summed E-state index contributed by atoms with van der Waals surface area (Å²) in [5.41, 5.74) is 1.43. The molecule has 0 radical (unpaired) electrons. The molecular formula is C18H19N3O3S. The molecule has 0 bridgehead atoms. The highest BCUT2D eigenvalue weighted by Crippen LogP contribution is 2.31. The van der Waals surface area contributed by atoms with Gasteiger partial charge in [0.15, 0.2) is 0 Å². The molecule has 0 unspecified atom stereocenters. The molecule has 0 aliphatic carbocycles. The van der Waals surface area contributed by atoms with Crippen molar-refractivity contribution in [1.29, 1.82) is 0 Å². The van der Waals surface area contributed by atoms with Crippen molar-refractivity contribution in [2.45, 2.75) is 26.4 Å². The van der Waals surface area contributed by atoms with Gasteiger partial charge in [0.2, 0.25) is 5.91 Å². The molecule has 1 amide bonds. The Labute approximate surface area is 149 Å². The van der Waals surface area contributed by atoms with Gasteiger partial charge in [-0.1, -0.05) is 0 Å². The summed E-state index contributed by atoms with van der Waals surface area (Å²) in [6.45, 7) is 3.72. The minimum absolute atomic E-state index is 0.0308. The van der Waals surface area contributed by atoms with Crippen LogP contribution in [-0.4, -0.2) is 28.6 Å². The molecular weight excluding hydrogens is 338 g/mol. The fourth-order valence-electron chi connectivity index (χ4n) is 2.48. The first-order valence-electron chi connectivity index (χ1n) is 7.90. The molecule has 0 saturated heterocycles. The molecule has 0 fully saturated rings. The Morgan fingerprint density at radius 2 is 2.04 bits per heavy atom. The Morgan fingerprint density at radius 3 is 2.68 bits per heavy atom. The molecule has 0 saturated carbocycles. The quantitative estimate of drug-likeness (QED) is 0.762. The number of carbonyl (C=O) groups is 1. The summed E-state index contributed by atoms with van der Waals surface area (Å²) >= 11 is 1.38.